The summed E-state index contributed by atoms with van der Waals surface area (Å²) in [6, 6.07) is 2.56. The molecule has 1 amide bonds. The van der Waals surface area contributed by atoms with Gasteiger partial charge in [-0.15, -0.1) is 0 Å². The van der Waals surface area contributed by atoms with E-state index in [9.17, 15) is 22.4 Å². The number of nitrogen functional groups attached to an aromatic ring is 1. The molecule has 2 atom stereocenters. The molecule has 5 rings (SSSR count). The van der Waals surface area contributed by atoms with Gasteiger partial charge in [0, 0.05) is 23.7 Å². The summed E-state index contributed by atoms with van der Waals surface area (Å²) in [5, 5.41) is 16.3. The molecule has 4 aromatic rings. The number of nitrogens with one attached hydrogen (secondary N) is 1. The van der Waals surface area contributed by atoms with Crippen LogP contribution in [0.5, 0.6) is 11.5 Å². The summed E-state index contributed by atoms with van der Waals surface area (Å²) < 4.78 is 76.8. The summed E-state index contributed by atoms with van der Waals surface area (Å²) in [5.74, 6) is -9.60. The molecule has 0 bridgehead atoms. The average molecular weight is 534 g/mol. The third kappa shape index (κ3) is 4.53. The van der Waals surface area contributed by atoms with Crippen LogP contribution in [0.4, 0.5) is 32.6 Å². The van der Waals surface area contributed by atoms with Gasteiger partial charge in [-0.3, -0.25) is 0 Å². The molecule has 2 heterocycles. The van der Waals surface area contributed by atoms with E-state index in [0.717, 1.165) is 12.1 Å². The minimum Gasteiger partial charge on any atom is -0.465 e. The van der Waals surface area contributed by atoms with Crippen LogP contribution < -0.4 is 15.8 Å². The van der Waals surface area contributed by atoms with Crippen molar-refractivity contribution in [2.24, 2.45) is 0 Å². The van der Waals surface area contributed by atoms with Gasteiger partial charge in [0.25, 0.3) is 0 Å². The Labute approximate surface area is 211 Å². The molecule has 0 aliphatic heterocycles. The van der Waals surface area contributed by atoms with E-state index in [0.29, 0.717) is 31.3 Å². The number of amides is 1. The third-order valence-electron chi connectivity index (χ3n) is 6.33. The highest BCUT2D eigenvalue weighted by atomic mass is 19.2. The fraction of sp³-hybridized carbons (Fsp3) is 0.250. The molecule has 14 heteroatoms. The quantitative estimate of drug-likeness (QED) is 0.234. The van der Waals surface area contributed by atoms with Crippen LogP contribution in [0.2, 0.25) is 0 Å². The molecule has 38 heavy (non-hydrogen) atoms. The van der Waals surface area contributed by atoms with Gasteiger partial charge >= 0.3 is 6.09 Å². The molecule has 1 saturated carbocycles. The molecular formula is C24H19F5N6O3. The number of halogens is 5. The normalized spacial score (nSPS) is 17.5. The highest BCUT2D eigenvalue weighted by Crippen LogP contribution is 2.38. The maximum atomic E-state index is 15.3. The maximum Gasteiger partial charge on any atom is 0.404 e. The molecule has 2 aromatic carbocycles. The average Bonchev–Trinajstić information content (AvgIpc) is 3.26. The number of benzene rings is 2. The van der Waals surface area contributed by atoms with Gasteiger partial charge in [-0.25, -0.2) is 32.6 Å². The van der Waals surface area contributed by atoms with Gasteiger partial charge in [-0.05, 0) is 37.8 Å². The maximum absolute atomic E-state index is 15.3. The fourth-order valence-electron chi connectivity index (χ4n) is 4.64. The number of rotatable bonds is 5. The Morgan fingerprint density at radius 2 is 1.79 bits per heavy atom. The molecule has 1 aliphatic rings. The van der Waals surface area contributed by atoms with Crippen LogP contribution >= 0.6 is 0 Å². The van der Waals surface area contributed by atoms with Crippen molar-refractivity contribution in [1.29, 1.82) is 0 Å². The lowest BCUT2D eigenvalue weighted by atomic mass is 9.91. The summed E-state index contributed by atoms with van der Waals surface area (Å²) in [7, 11) is 0. The van der Waals surface area contributed by atoms with Gasteiger partial charge in [0.15, 0.2) is 17.3 Å². The Bertz CT molecular complexity index is 1540. The predicted molar refractivity (Wildman–Crippen MR) is 124 cm³/mol. The number of ether oxygens (including phenoxy) is 1. The number of hydrogen-bond donors (Lipinski definition) is 3. The van der Waals surface area contributed by atoms with E-state index < -0.39 is 46.7 Å². The van der Waals surface area contributed by atoms with Crippen molar-refractivity contribution in [3.8, 4) is 22.8 Å². The predicted octanol–water partition coefficient (Wildman–Crippen LogP) is 5.31. The van der Waals surface area contributed by atoms with E-state index in [4.69, 9.17) is 15.6 Å². The monoisotopic (exact) mass is 534 g/mol. The number of aromatic nitrogens is 4. The highest BCUT2D eigenvalue weighted by molar-refractivity contribution is 5.98. The lowest BCUT2D eigenvalue weighted by Gasteiger charge is -2.29. The molecule has 0 radical (unpaired) electrons. The van der Waals surface area contributed by atoms with Crippen LogP contribution in [0.25, 0.3) is 22.3 Å². The van der Waals surface area contributed by atoms with Gasteiger partial charge in [0.05, 0.1) is 11.4 Å². The molecule has 0 unspecified atom stereocenters. The molecule has 198 valence electrons. The van der Waals surface area contributed by atoms with Crippen LogP contribution in [0, 0.1) is 29.1 Å². The lowest BCUT2D eigenvalue weighted by molar-refractivity contribution is 0.181. The summed E-state index contributed by atoms with van der Waals surface area (Å²) in [6.45, 7) is 0. The Morgan fingerprint density at radius 1 is 1.05 bits per heavy atom. The van der Waals surface area contributed by atoms with Gasteiger partial charge < -0.3 is 20.9 Å². The van der Waals surface area contributed by atoms with E-state index in [1.54, 1.807) is 4.68 Å². The molecule has 0 spiro atoms. The van der Waals surface area contributed by atoms with E-state index >= 15 is 4.39 Å². The molecule has 9 nitrogen and oxygen atoms in total. The number of fused-ring (bicyclic) bond motifs is 1. The SMILES string of the molecule is Nc1ncnc2c1c(-c1ccc(Oc3c(F)c(F)cc(F)c3F)cc1F)nn2[C@@H]1CCC[C@H](NC(=O)O)C1. The van der Waals surface area contributed by atoms with E-state index in [1.165, 1.54) is 12.4 Å². The van der Waals surface area contributed by atoms with Crippen molar-refractivity contribution in [1.82, 2.24) is 25.1 Å². The third-order valence-corrected chi connectivity index (χ3v) is 6.33. The second kappa shape index (κ2) is 9.76. The van der Waals surface area contributed by atoms with Crippen molar-refractivity contribution in [2.45, 2.75) is 37.8 Å². The zero-order chi connectivity index (χ0) is 27.1. The van der Waals surface area contributed by atoms with Crippen LogP contribution in [-0.2, 0) is 0 Å². The molecule has 2 aromatic heterocycles. The van der Waals surface area contributed by atoms with Crippen molar-refractivity contribution < 1.29 is 36.6 Å². The Hall–Kier alpha value is -4.49. The van der Waals surface area contributed by atoms with E-state index in [1.807, 2.05) is 0 Å². The molecule has 1 fully saturated rings. The van der Waals surface area contributed by atoms with Gasteiger partial charge in [0.1, 0.15) is 29.4 Å². The minimum absolute atomic E-state index is 0.0198. The van der Waals surface area contributed by atoms with E-state index in [2.05, 4.69) is 20.4 Å². The Kier molecular flexibility index (Phi) is 6.46. The molecule has 0 saturated heterocycles. The standard InChI is InChI=1S/C24H19F5N6O3/c25-14-7-12(38-21-18(28)15(26)8-16(27)19(21)29)4-5-13(14)20-17-22(30)31-9-32-23(17)35(34-20)11-3-1-2-10(6-11)33-24(36)37/h4-5,7-11,33H,1-3,6H2,(H,36,37)(H2,30,31,32)/t10-,11+/m0/s1. The first-order chi connectivity index (χ1) is 18.1. The first kappa shape index (κ1) is 25.2. The number of hydrogen-bond acceptors (Lipinski definition) is 6. The van der Waals surface area contributed by atoms with Crippen molar-refractivity contribution in [3.05, 3.63) is 59.7 Å². The van der Waals surface area contributed by atoms with Crippen molar-refractivity contribution in [2.75, 3.05) is 5.73 Å². The number of nitrogens with two attached hydrogens (primary N) is 1. The number of nitrogens with zero attached hydrogens (tertiary/aromatic N) is 4. The largest absolute Gasteiger partial charge is 0.465 e. The second-order valence-corrected chi connectivity index (χ2v) is 8.76. The Morgan fingerprint density at radius 3 is 2.47 bits per heavy atom. The van der Waals surface area contributed by atoms with Crippen LogP contribution in [-0.4, -0.2) is 37.0 Å². The number of anilines is 1. The highest BCUT2D eigenvalue weighted by Gasteiger charge is 2.29. The lowest BCUT2D eigenvalue weighted by Crippen LogP contribution is -2.38. The molecule has 4 N–H and O–H groups in total. The topological polar surface area (TPSA) is 128 Å². The zero-order valence-corrected chi connectivity index (χ0v) is 19.4. The first-order valence-electron chi connectivity index (χ1n) is 11.4. The number of carbonyl (C=O) groups is 1. The summed E-state index contributed by atoms with van der Waals surface area (Å²) in [6.07, 6.45) is 2.53. The summed E-state index contributed by atoms with van der Waals surface area (Å²) in [4.78, 5) is 19.3. The first-order valence-corrected chi connectivity index (χ1v) is 11.4. The van der Waals surface area contributed by atoms with Crippen molar-refractivity contribution in [3.63, 3.8) is 0 Å². The van der Waals surface area contributed by atoms with Gasteiger partial charge in [-0.1, -0.05) is 0 Å². The molecule has 1 aliphatic carbocycles. The van der Waals surface area contributed by atoms with Gasteiger partial charge in [-0.2, -0.15) is 13.9 Å². The zero-order valence-electron chi connectivity index (χ0n) is 19.4. The van der Waals surface area contributed by atoms with Crippen molar-refractivity contribution >= 4 is 22.9 Å². The van der Waals surface area contributed by atoms with Gasteiger partial charge in [0.2, 0.25) is 17.4 Å². The smallest absolute Gasteiger partial charge is 0.404 e. The fourth-order valence-corrected chi connectivity index (χ4v) is 4.64. The number of carboxylic acid groups (broad SMARTS) is 1. The second-order valence-electron chi connectivity index (χ2n) is 8.76. The van der Waals surface area contributed by atoms with E-state index in [-0.39, 0.29) is 40.6 Å². The summed E-state index contributed by atoms with van der Waals surface area (Å²) in [5.41, 5.74) is 6.39. The summed E-state index contributed by atoms with van der Waals surface area (Å²) >= 11 is 0. The van der Waals surface area contributed by atoms with Crippen LogP contribution in [0.3, 0.4) is 0 Å². The molecular weight excluding hydrogens is 515 g/mol. The van der Waals surface area contributed by atoms with Crippen LogP contribution in [0.1, 0.15) is 31.7 Å². The Balaban J connectivity index is 1.53. The minimum atomic E-state index is -1.77. The van der Waals surface area contributed by atoms with Crippen LogP contribution in [0.15, 0.2) is 30.6 Å².